The first-order chi connectivity index (χ1) is 10.7. The quantitative estimate of drug-likeness (QED) is 0.415. The smallest absolute Gasteiger partial charge is 0.135 e. The van der Waals surface area contributed by atoms with Gasteiger partial charge in [-0.25, -0.2) is 0 Å². The van der Waals surface area contributed by atoms with Crippen molar-refractivity contribution in [1.29, 1.82) is 0 Å². The number of thioether (sulfide) groups is 1. The van der Waals surface area contributed by atoms with Gasteiger partial charge in [0.2, 0.25) is 0 Å². The van der Waals surface area contributed by atoms with Crippen LogP contribution in [0.15, 0.2) is 46.9 Å². The summed E-state index contributed by atoms with van der Waals surface area (Å²) in [6, 6.07) is 10.4. The molecule has 22 heavy (non-hydrogen) atoms. The van der Waals surface area contributed by atoms with E-state index in [-0.39, 0.29) is 17.8 Å². The minimum atomic E-state index is -0.104. The second kappa shape index (κ2) is 9.13. The molecule has 0 N–H and O–H groups in total. The van der Waals surface area contributed by atoms with E-state index in [1.165, 1.54) is 10.5 Å². The van der Waals surface area contributed by atoms with Crippen LogP contribution in [0.4, 0.5) is 0 Å². The highest BCUT2D eigenvalue weighted by atomic mass is 32.2. The molecule has 0 unspecified atom stereocenters. The van der Waals surface area contributed by atoms with E-state index >= 15 is 0 Å². The van der Waals surface area contributed by atoms with E-state index in [4.69, 9.17) is 9.47 Å². The fraction of sp³-hybridized carbons (Fsp3) is 0.500. The Balaban J connectivity index is 1.95. The van der Waals surface area contributed by atoms with Crippen molar-refractivity contribution in [3.8, 4) is 0 Å². The van der Waals surface area contributed by atoms with Crippen LogP contribution >= 0.6 is 11.8 Å². The summed E-state index contributed by atoms with van der Waals surface area (Å²) < 4.78 is 10.9. The zero-order valence-corrected chi connectivity index (χ0v) is 14.1. The first kappa shape index (κ1) is 17.3. The maximum atomic E-state index is 11.8. The highest BCUT2D eigenvalue weighted by molar-refractivity contribution is 7.99. The Kier molecular flexibility index (Phi) is 7.16. The molecule has 0 saturated carbocycles. The van der Waals surface area contributed by atoms with Gasteiger partial charge in [0, 0.05) is 23.7 Å². The number of benzene rings is 1. The summed E-state index contributed by atoms with van der Waals surface area (Å²) in [4.78, 5) is 13.1. The van der Waals surface area contributed by atoms with Crippen LogP contribution in [0.1, 0.15) is 19.8 Å². The largest absolute Gasteiger partial charge is 0.382 e. The van der Waals surface area contributed by atoms with Crippen molar-refractivity contribution in [3.63, 3.8) is 0 Å². The molecule has 0 radical (unpaired) electrons. The molecule has 0 bridgehead atoms. The molecule has 0 aromatic heterocycles. The number of carbonyl (C=O) groups excluding carboxylic acids is 1. The fourth-order valence-electron chi connectivity index (χ4n) is 2.62. The lowest BCUT2D eigenvalue weighted by atomic mass is 9.85. The molecular formula is C18H24O3S. The van der Waals surface area contributed by atoms with Crippen LogP contribution in [-0.2, 0) is 14.3 Å². The van der Waals surface area contributed by atoms with Crippen molar-refractivity contribution in [2.75, 3.05) is 26.1 Å². The monoisotopic (exact) mass is 320 g/mol. The molecule has 2 rings (SSSR count). The van der Waals surface area contributed by atoms with Crippen LogP contribution < -0.4 is 0 Å². The normalized spacial score (nSPS) is 21.5. The van der Waals surface area contributed by atoms with Gasteiger partial charge in [0.25, 0.3) is 0 Å². The Bertz CT molecular complexity index is 498. The molecular weight excluding hydrogens is 296 g/mol. The number of ether oxygens (including phenoxy) is 2. The molecule has 1 aromatic carbocycles. The summed E-state index contributed by atoms with van der Waals surface area (Å²) in [7, 11) is 1.66. The summed E-state index contributed by atoms with van der Waals surface area (Å²) in [5.74, 6) is 1.16. The van der Waals surface area contributed by atoms with Crippen LogP contribution in [0.3, 0.4) is 0 Å². The third-order valence-corrected chi connectivity index (χ3v) is 4.98. The van der Waals surface area contributed by atoms with Gasteiger partial charge in [-0.3, -0.25) is 4.79 Å². The highest BCUT2D eigenvalue weighted by Crippen LogP contribution is 2.30. The lowest BCUT2D eigenvalue weighted by Crippen LogP contribution is -2.32. The standard InChI is InChI=1S/C18H24O3S/c1-14(19)17-9-8-15(12-18(17)21-11-10-20-2)13-22-16-6-4-3-5-7-16/h3-7,12,17-18H,8-11,13H2,1-2H3/t17-,18-/m1/s1. The molecule has 0 spiro atoms. The van der Waals surface area contributed by atoms with E-state index < -0.39 is 0 Å². The maximum Gasteiger partial charge on any atom is 0.135 e. The SMILES string of the molecule is COCCO[C@@H]1C=C(CSc2ccccc2)CC[C@@H]1C(C)=O. The zero-order chi connectivity index (χ0) is 15.8. The van der Waals surface area contributed by atoms with Gasteiger partial charge < -0.3 is 9.47 Å². The zero-order valence-electron chi connectivity index (χ0n) is 13.3. The molecule has 0 amide bonds. The van der Waals surface area contributed by atoms with E-state index in [0.29, 0.717) is 13.2 Å². The molecule has 1 aromatic rings. The van der Waals surface area contributed by atoms with E-state index in [9.17, 15) is 4.79 Å². The third-order valence-electron chi connectivity index (χ3n) is 3.86. The average Bonchev–Trinajstić information content (AvgIpc) is 2.54. The Morgan fingerprint density at radius 3 is 2.73 bits per heavy atom. The second-order valence-corrected chi connectivity index (χ2v) is 6.56. The number of Topliss-reactive ketones (excluding diaryl/α,β-unsaturated/α-hetero) is 1. The molecule has 4 heteroatoms. The maximum absolute atomic E-state index is 11.8. The van der Waals surface area contributed by atoms with Crippen LogP contribution in [0.5, 0.6) is 0 Å². The van der Waals surface area contributed by atoms with Crippen LogP contribution in [-0.4, -0.2) is 38.0 Å². The highest BCUT2D eigenvalue weighted by Gasteiger charge is 2.28. The molecule has 120 valence electrons. The Labute approximate surface area is 137 Å². The first-order valence-electron chi connectivity index (χ1n) is 7.69. The Hall–Kier alpha value is -1.10. The number of methoxy groups -OCH3 is 1. The number of hydrogen-bond donors (Lipinski definition) is 0. The predicted molar refractivity (Wildman–Crippen MR) is 90.3 cm³/mol. The Morgan fingerprint density at radius 2 is 2.05 bits per heavy atom. The number of carbonyl (C=O) groups is 1. The first-order valence-corrected chi connectivity index (χ1v) is 8.67. The third kappa shape index (κ3) is 5.27. The van der Waals surface area contributed by atoms with Crippen LogP contribution in [0.25, 0.3) is 0 Å². The van der Waals surface area contributed by atoms with Gasteiger partial charge in [-0.05, 0) is 31.9 Å². The van der Waals surface area contributed by atoms with Gasteiger partial charge in [-0.15, -0.1) is 11.8 Å². The summed E-state index contributed by atoms with van der Waals surface area (Å²) >= 11 is 1.83. The number of ketones is 1. The number of rotatable bonds is 8. The molecule has 2 atom stereocenters. The number of hydrogen-bond acceptors (Lipinski definition) is 4. The van der Waals surface area contributed by atoms with Gasteiger partial charge in [-0.2, -0.15) is 0 Å². The topological polar surface area (TPSA) is 35.5 Å². The second-order valence-electron chi connectivity index (χ2n) is 5.51. The summed E-state index contributed by atoms with van der Waals surface area (Å²) in [6.07, 6.45) is 3.91. The van der Waals surface area contributed by atoms with Gasteiger partial charge >= 0.3 is 0 Å². The summed E-state index contributed by atoms with van der Waals surface area (Å²) in [5, 5.41) is 0. The average molecular weight is 320 g/mol. The van der Waals surface area contributed by atoms with Gasteiger partial charge in [0.1, 0.15) is 5.78 Å². The van der Waals surface area contributed by atoms with Crippen molar-refractivity contribution < 1.29 is 14.3 Å². The van der Waals surface area contributed by atoms with Crippen LogP contribution in [0, 0.1) is 5.92 Å². The van der Waals surface area contributed by atoms with Crippen LogP contribution in [0.2, 0.25) is 0 Å². The lowest BCUT2D eigenvalue weighted by Gasteiger charge is -2.28. The van der Waals surface area contributed by atoms with Gasteiger partial charge in [0.05, 0.1) is 19.3 Å². The molecule has 0 fully saturated rings. The fourth-order valence-corrected chi connectivity index (χ4v) is 3.56. The minimum absolute atomic E-state index is 0.0117. The summed E-state index contributed by atoms with van der Waals surface area (Å²) in [6.45, 7) is 2.75. The van der Waals surface area contributed by atoms with Crippen molar-refractivity contribution in [1.82, 2.24) is 0 Å². The van der Waals surface area contributed by atoms with E-state index in [1.54, 1.807) is 14.0 Å². The van der Waals surface area contributed by atoms with E-state index in [0.717, 1.165) is 18.6 Å². The predicted octanol–water partition coefficient (Wildman–Crippen LogP) is 3.74. The molecule has 1 aliphatic carbocycles. The summed E-state index contributed by atoms with van der Waals surface area (Å²) in [5.41, 5.74) is 1.37. The lowest BCUT2D eigenvalue weighted by molar-refractivity contribution is -0.125. The molecule has 3 nitrogen and oxygen atoms in total. The van der Waals surface area contributed by atoms with Crippen molar-refractivity contribution in [3.05, 3.63) is 42.0 Å². The molecule has 0 aliphatic heterocycles. The molecule has 0 heterocycles. The van der Waals surface area contributed by atoms with Crippen molar-refractivity contribution >= 4 is 17.5 Å². The minimum Gasteiger partial charge on any atom is -0.382 e. The van der Waals surface area contributed by atoms with Crippen molar-refractivity contribution in [2.24, 2.45) is 5.92 Å². The Morgan fingerprint density at radius 1 is 1.27 bits per heavy atom. The molecule has 0 saturated heterocycles. The van der Waals surface area contributed by atoms with Gasteiger partial charge in [-0.1, -0.05) is 29.8 Å². The van der Waals surface area contributed by atoms with E-state index in [2.05, 4.69) is 30.3 Å². The van der Waals surface area contributed by atoms with E-state index in [1.807, 2.05) is 17.8 Å². The molecule has 1 aliphatic rings. The van der Waals surface area contributed by atoms with Crippen molar-refractivity contribution in [2.45, 2.75) is 30.8 Å². The van der Waals surface area contributed by atoms with Gasteiger partial charge in [0.15, 0.2) is 0 Å².